The summed E-state index contributed by atoms with van der Waals surface area (Å²) in [6.07, 6.45) is 54.3. The molecule has 0 aromatic heterocycles. The van der Waals surface area contributed by atoms with Crippen LogP contribution in [0.4, 0.5) is 0 Å². The topological polar surface area (TPSA) is 55.8 Å². The van der Waals surface area contributed by atoms with Gasteiger partial charge in [0.15, 0.2) is 0 Å². The van der Waals surface area contributed by atoms with Crippen LogP contribution in [0.5, 0.6) is 0 Å². The predicted molar refractivity (Wildman–Crippen MR) is 224 cm³/mol. The van der Waals surface area contributed by atoms with Crippen LogP contribution in [0.2, 0.25) is 0 Å². The molecule has 1 atom stereocenters. The molecule has 0 saturated carbocycles. The van der Waals surface area contributed by atoms with Gasteiger partial charge >= 0.3 is 5.97 Å². The number of esters is 1. The number of ether oxygens (including phenoxy) is 2. The molecular weight excluding hydrogens is 629 g/mol. The average molecular weight is 721 g/mol. The maximum Gasteiger partial charge on any atom is 0.306 e. The highest BCUT2D eigenvalue weighted by molar-refractivity contribution is 5.69. The molecule has 0 bridgehead atoms. The molecule has 0 aromatic rings. The van der Waals surface area contributed by atoms with Crippen molar-refractivity contribution in [1.82, 2.24) is 0 Å². The van der Waals surface area contributed by atoms with Gasteiger partial charge in [-0.05, 0) is 38.5 Å². The van der Waals surface area contributed by atoms with Crippen molar-refractivity contribution >= 4 is 5.97 Å². The molecule has 0 radical (unpaired) electrons. The van der Waals surface area contributed by atoms with Crippen LogP contribution >= 0.6 is 0 Å². The Bertz CT molecular complexity index is 677. The molecule has 1 unspecified atom stereocenters. The minimum atomic E-state index is -0.530. The summed E-state index contributed by atoms with van der Waals surface area (Å²) in [4.78, 5) is 12.2. The van der Waals surface area contributed by atoms with Crippen molar-refractivity contribution in [1.29, 1.82) is 0 Å². The maximum absolute atomic E-state index is 12.2. The van der Waals surface area contributed by atoms with Crippen molar-refractivity contribution in [3.63, 3.8) is 0 Å². The van der Waals surface area contributed by atoms with Crippen LogP contribution in [0.3, 0.4) is 0 Å². The summed E-state index contributed by atoms with van der Waals surface area (Å²) < 4.78 is 11.2. The number of rotatable bonds is 44. The molecule has 304 valence electrons. The van der Waals surface area contributed by atoms with Crippen molar-refractivity contribution in [2.24, 2.45) is 0 Å². The number of aliphatic hydroxyl groups excluding tert-OH is 1. The molecule has 0 amide bonds. The zero-order valence-electron chi connectivity index (χ0n) is 34.9. The van der Waals surface area contributed by atoms with Crippen LogP contribution in [0.1, 0.15) is 258 Å². The largest absolute Gasteiger partial charge is 0.457 e. The fourth-order valence-corrected chi connectivity index (χ4v) is 7.09. The van der Waals surface area contributed by atoms with E-state index in [2.05, 4.69) is 26.0 Å². The zero-order valence-corrected chi connectivity index (χ0v) is 34.9. The SMILES string of the molecule is CCCCCCCC/C=C\CCCCCCCCCC(=O)OC(CO)COCCCCCCCCCCCCCCCCCCCCCCCC. The lowest BCUT2D eigenvalue weighted by molar-refractivity contribution is -0.154. The number of unbranched alkanes of at least 4 members (excludes halogenated alkanes) is 34. The van der Waals surface area contributed by atoms with Crippen LogP contribution in [0, 0.1) is 0 Å². The summed E-state index contributed by atoms with van der Waals surface area (Å²) in [5.74, 6) is -0.199. The predicted octanol–water partition coefficient (Wildman–Crippen LogP) is 15.3. The molecule has 0 aliphatic rings. The van der Waals surface area contributed by atoms with Gasteiger partial charge in [0.05, 0.1) is 13.2 Å². The maximum atomic E-state index is 12.2. The molecule has 0 heterocycles. The first-order valence-electron chi connectivity index (χ1n) is 23.3. The molecule has 51 heavy (non-hydrogen) atoms. The van der Waals surface area contributed by atoms with E-state index in [-0.39, 0.29) is 12.6 Å². The van der Waals surface area contributed by atoms with Crippen LogP contribution in [0.25, 0.3) is 0 Å². The number of hydrogen-bond acceptors (Lipinski definition) is 4. The van der Waals surface area contributed by atoms with Crippen LogP contribution in [-0.2, 0) is 14.3 Å². The van der Waals surface area contributed by atoms with Crippen molar-refractivity contribution in [2.45, 2.75) is 264 Å². The lowest BCUT2D eigenvalue weighted by Gasteiger charge is -2.16. The van der Waals surface area contributed by atoms with E-state index < -0.39 is 6.10 Å². The standard InChI is InChI=1S/C47H92O4/c1-3-5-7-9-11-13-15-17-19-21-22-23-24-25-27-29-31-33-35-37-39-41-43-50-45-46(44-48)51-47(49)42-40-38-36-34-32-30-28-26-20-18-16-14-12-10-8-6-4-2/h18,20,46,48H,3-17,19,21-45H2,1-2H3/b20-18-. The Hall–Kier alpha value is -0.870. The summed E-state index contributed by atoms with van der Waals surface area (Å²) in [6.45, 7) is 5.39. The molecule has 1 N–H and O–H groups in total. The Labute approximate surface area is 320 Å². The van der Waals surface area contributed by atoms with Gasteiger partial charge < -0.3 is 14.6 Å². The number of hydrogen-bond donors (Lipinski definition) is 1. The quantitative estimate of drug-likeness (QED) is 0.0387. The Balaban J connectivity index is 3.36. The van der Waals surface area contributed by atoms with E-state index >= 15 is 0 Å². The van der Waals surface area contributed by atoms with Gasteiger partial charge in [-0.25, -0.2) is 0 Å². The lowest BCUT2D eigenvalue weighted by Crippen LogP contribution is -2.27. The highest BCUT2D eigenvalue weighted by Crippen LogP contribution is 2.16. The molecule has 0 aliphatic heterocycles. The first-order valence-corrected chi connectivity index (χ1v) is 23.3. The summed E-state index contributed by atoms with van der Waals surface area (Å²) in [7, 11) is 0. The lowest BCUT2D eigenvalue weighted by atomic mass is 10.0. The van der Waals surface area contributed by atoms with Gasteiger partial charge in [0.1, 0.15) is 6.10 Å². The van der Waals surface area contributed by atoms with Gasteiger partial charge in [0.25, 0.3) is 0 Å². The minimum absolute atomic E-state index is 0.167. The summed E-state index contributed by atoms with van der Waals surface area (Å²) in [5.41, 5.74) is 0. The van der Waals surface area contributed by atoms with Gasteiger partial charge in [0.2, 0.25) is 0 Å². The van der Waals surface area contributed by atoms with Gasteiger partial charge in [-0.15, -0.1) is 0 Å². The van der Waals surface area contributed by atoms with E-state index in [9.17, 15) is 9.90 Å². The summed E-state index contributed by atoms with van der Waals surface area (Å²) >= 11 is 0. The van der Waals surface area contributed by atoms with E-state index in [0.29, 0.717) is 19.6 Å². The Morgan fingerprint density at radius 1 is 0.451 bits per heavy atom. The molecule has 0 aromatic carbocycles. The molecular formula is C47H92O4. The van der Waals surface area contributed by atoms with Crippen molar-refractivity contribution < 1.29 is 19.4 Å². The number of aliphatic hydroxyl groups is 1. The smallest absolute Gasteiger partial charge is 0.306 e. The summed E-state index contributed by atoms with van der Waals surface area (Å²) in [5, 5.41) is 9.62. The first-order chi connectivity index (χ1) is 25.2. The fraction of sp³-hybridized carbons (Fsp3) is 0.936. The van der Waals surface area contributed by atoms with Crippen LogP contribution < -0.4 is 0 Å². The number of carbonyl (C=O) groups is 1. The third-order valence-electron chi connectivity index (χ3n) is 10.6. The summed E-state index contributed by atoms with van der Waals surface area (Å²) in [6, 6.07) is 0. The van der Waals surface area contributed by atoms with E-state index in [1.165, 1.54) is 218 Å². The van der Waals surface area contributed by atoms with Gasteiger partial charge in [-0.1, -0.05) is 225 Å². The van der Waals surface area contributed by atoms with Crippen molar-refractivity contribution in [3.05, 3.63) is 12.2 Å². The second-order valence-corrected chi connectivity index (χ2v) is 15.8. The molecule has 0 spiro atoms. The van der Waals surface area contributed by atoms with E-state index in [0.717, 1.165) is 19.3 Å². The highest BCUT2D eigenvalue weighted by atomic mass is 16.6. The van der Waals surface area contributed by atoms with Crippen molar-refractivity contribution in [2.75, 3.05) is 19.8 Å². The normalized spacial score (nSPS) is 12.3. The Morgan fingerprint density at radius 3 is 1.12 bits per heavy atom. The van der Waals surface area contributed by atoms with E-state index in [4.69, 9.17) is 9.47 Å². The third-order valence-corrected chi connectivity index (χ3v) is 10.6. The molecule has 4 nitrogen and oxygen atoms in total. The second-order valence-electron chi connectivity index (χ2n) is 15.8. The van der Waals surface area contributed by atoms with Crippen LogP contribution in [-0.4, -0.2) is 37.0 Å². The molecule has 0 aliphatic carbocycles. The van der Waals surface area contributed by atoms with Gasteiger partial charge in [0, 0.05) is 13.0 Å². The molecule has 4 heteroatoms. The Morgan fingerprint density at radius 2 is 0.765 bits per heavy atom. The molecule has 0 saturated heterocycles. The van der Waals surface area contributed by atoms with E-state index in [1.807, 2.05) is 0 Å². The van der Waals surface area contributed by atoms with Crippen molar-refractivity contribution in [3.8, 4) is 0 Å². The Kier molecular flexibility index (Phi) is 44.5. The van der Waals surface area contributed by atoms with Gasteiger partial charge in [-0.3, -0.25) is 4.79 Å². The molecule has 0 rings (SSSR count). The number of allylic oxidation sites excluding steroid dienone is 2. The second kappa shape index (κ2) is 45.3. The monoisotopic (exact) mass is 721 g/mol. The fourth-order valence-electron chi connectivity index (χ4n) is 7.09. The van der Waals surface area contributed by atoms with E-state index in [1.54, 1.807) is 0 Å². The van der Waals surface area contributed by atoms with Crippen LogP contribution in [0.15, 0.2) is 12.2 Å². The molecule has 0 fully saturated rings. The zero-order chi connectivity index (χ0) is 37.0. The first kappa shape index (κ1) is 50.1. The average Bonchev–Trinajstić information content (AvgIpc) is 3.14. The minimum Gasteiger partial charge on any atom is -0.457 e. The number of carbonyl (C=O) groups excluding carboxylic acids is 1. The highest BCUT2D eigenvalue weighted by Gasteiger charge is 2.13. The third kappa shape index (κ3) is 43.4. The van der Waals surface area contributed by atoms with Gasteiger partial charge in [-0.2, -0.15) is 0 Å².